The van der Waals surface area contributed by atoms with Gasteiger partial charge in [-0.3, -0.25) is 9.89 Å². The van der Waals surface area contributed by atoms with E-state index in [4.69, 9.17) is 4.74 Å². The van der Waals surface area contributed by atoms with Crippen molar-refractivity contribution in [1.29, 1.82) is 0 Å². The fourth-order valence-electron chi connectivity index (χ4n) is 2.74. The van der Waals surface area contributed by atoms with Crippen molar-refractivity contribution >= 4 is 17.7 Å². The van der Waals surface area contributed by atoms with Gasteiger partial charge in [-0.25, -0.2) is 4.98 Å². The highest BCUT2D eigenvalue weighted by Gasteiger charge is 2.17. The van der Waals surface area contributed by atoms with Crippen molar-refractivity contribution in [2.75, 3.05) is 5.75 Å². The number of amides is 1. The number of ether oxygens (including phenoxy) is 1. The molecule has 2 aromatic rings. The molecule has 1 heterocycles. The predicted molar refractivity (Wildman–Crippen MR) is 93.0 cm³/mol. The smallest absolute Gasteiger partial charge is 0.230 e. The Bertz CT molecular complexity index is 683. The van der Waals surface area contributed by atoms with Gasteiger partial charge >= 0.3 is 0 Å². The standard InChI is InChI=1S/C17H22N4O2S/c1-12-6-2-5-9-14(12)23-10-15-19-17(21-20-15)24-11-16(22)18-13-7-3-4-8-13/h2,5-6,9,13H,3-4,7-8,10-11H2,1H3,(H,18,22)(H,19,20,21). The first-order chi connectivity index (χ1) is 11.7. The Kier molecular flexibility index (Phi) is 5.74. The molecule has 0 spiro atoms. The Labute approximate surface area is 145 Å². The topological polar surface area (TPSA) is 79.9 Å². The quantitative estimate of drug-likeness (QED) is 0.754. The number of thioether (sulfide) groups is 1. The molecule has 1 amide bonds. The van der Waals surface area contributed by atoms with Crippen LogP contribution < -0.4 is 10.1 Å². The summed E-state index contributed by atoms with van der Waals surface area (Å²) in [6, 6.07) is 8.19. The molecular weight excluding hydrogens is 324 g/mol. The second kappa shape index (κ2) is 8.19. The fraction of sp³-hybridized carbons (Fsp3) is 0.471. The van der Waals surface area contributed by atoms with Crippen LogP contribution in [0.4, 0.5) is 0 Å². The summed E-state index contributed by atoms with van der Waals surface area (Å²) in [7, 11) is 0. The zero-order valence-electron chi connectivity index (χ0n) is 13.7. The molecule has 1 fully saturated rings. The van der Waals surface area contributed by atoms with Crippen molar-refractivity contribution in [2.45, 2.75) is 50.4 Å². The fourth-order valence-corrected chi connectivity index (χ4v) is 3.37. The molecule has 0 unspecified atom stereocenters. The zero-order chi connectivity index (χ0) is 16.8. The highest BCUT2D eigenvalue weighted by molar-refractivity contribution is 7.99. The van der Waals surface area contributed by atoms with E-state index in [0.717, 1.165) is 24.2 Å². The SMILES string of the molecule is Cc1ccccc1OCc1nc(SCC(=O)NC2CCCC2)n[nH]1. The maximum atomic E-state index is 11.9. The van der Waals surface area contributed by atoms with Gasteiger partial charge in [-0.15, -0.1) is 5.10 Å². The Morgan fingerprint density at radius 3 is 2.96 bits per heavy atom. The van der Waals surface area contributed by atoms with Crippen LogP contribution in [-0.4, -0.2) is 32.9 Å². The lowest BCUT2D eigenvalue weighted by Gasteiger charge is -2.10. The van der Waals surface area contributed by atoms with Crippen LogP contribution in [0, 0.1) is 6.92 Å². The summed E-state index contributed by atoms with van der Waals surface area (Å²) in [5, 5.41) is 10.6. The van der Waals surface area contributed by atoms with Gasteiger partial charge in [0, 0.05) is 6.04 Å². The van der Waals surface area contributed by atoms with E-state index in [9.17, 15) is 4.79 Å². The second-order valence-corrected chi connectivity index (χ2v) is 6.90. The summed E-state index contributed by atoms with van der Waals surface area (Å²) < 4.78 is 5.73. The molecule has 1 aliphatic rings. The molecule has 1 aliphatic carbocycles. The number of nitrogens with zero attached hydrogens (tertiary/aromatic N) is 2. The number of para-hydroxylation sites is 1. The lowest BCUT2D eigenvalue weighted by atomic mass is 10.2. The zero-order valence-corrected chi connectivity index (χ0v) is 14.6. The molecule has 24 heavy (non-hydrogen) atoms. The van der Waals surface area contributed by atoms with Gasteiger partial charge in [0.25, 0.3) is 0 Å². The largest absolute Gasteiger partial charge is 0.485 e. The van der Waals surface area contributed by atoms with Crippen molar-refractivity contribution in [2.24, 2.45) is 0 Å². The van der Waals surface area contributed by atoms with Gasteiger partial charge in [-0.05, 0) is 31.4 Å². The number of aromatic nitrogens is 3. The van der Waals surface area contributed by atoms with Crippen LogP contribution in [0.25, 0.3) is 0 Å². The highest BCUT2D eigenvalue weighted by Crippen LogP contribution is 2.19. The van der Waals surface area contributed by atoms with Crippen molar-refractivity contribution < 1.29 is 9.53 Å². The van der Waals surface area contributed by atoms with Crippen LogP contribution in [-0.2, 0) is 11.4 Å². The molecular formula is C17H22N4O2S. The molecule has 6 nitrogen and oxygen atoms in total. The molecule has 1 aromatic carbocycles. The van der Waals surface area contributed by atoms with Crippen molar-refractivity contribution in [3.8, 4) is 5.75 Å². The van der Waals surface area contributed by atoms with Crippen molar-refractivity contribution in [1.82, 2.24) is 20.5 Å². The average Bonchev–Trinajstić information content (AvgIpc) is 3.24. The normalized spacial score (nSPS) is 14.7. The lowest BCUT2D eigenvalue weighted by molar-refractivity contribution is -0.119. The summed E-state index contributed by atoms with van der Waals surface area (Å²) in [5.74, 6) is 1.87. The molecule has 0 aliphatic heterocycles. The number of carbonyl (C=O) groups excluding carboxylic acids is 1. The first-order valence-electron chi connectivity index (χ1n) is 8.22. The van der Waals surface area contributed by atoms with E-state index in [2.05, 4.69) is 20.5 Å². The lowest BCUT2D eigenvalue weighted by Crippen LogP contribution is -2.33. The van der Waals surface area contributed by atoms with Gasteiger partial charge in [0.1, 0.15) is 12.4 Å². The van der Waals surface area contributed by atoms with Gasteiger partial charge in [-0.2, -0.15) is 0 Å². The van der Waals surface area contributed by atoms with E-state index in [1.165, 1.54) is 24.6 Å². The minimum atomic E-state index is 0.0504. The van der Waals surface area contributed by atoms with E-state index in [-0.39, 0.29) is 5.91 Å². The van der Waals surface area contributed by atoms with Gasteiger partial charge < -0.3 is 10.1 Å². The number of benzene rings is 1. The molecule has 3 rings (SSSR count). The third-order valence-electron chi connectivity index (χ3n) is 4.02. The van der Waals surface area contributed by atoms with Crippen molar-refractivity contribution in [3.63, 3.8) is 0 Å². The molecule has 0 saturated heterocycles. The minimum Gasteiger partial charge on any atom is -0.485 e. The average molecular weight is 346 g/mol. The summed E-state index contributed by atoms with van der Waals surface area (Å²) >= 11 is 1.34. The van der Waals surface area contributed by atoms with E-state index in [0.29, 0.717) is 29.4 Å². The molecule has 0 radical (unpaired) electrons. The van der Waals surface area contributed by atoms with E-state index in [1.54, 1.807) is 0 Å². The number of hydrogen-bond acceptors (Lipinski definition) is 5. The van der Waals surface area contributed by atoms with Gasteiger partial charge in [0.05, 0.1) is 5.75 Å². The molecule has 1 saturated carbocycles. The van der Waals surface area contributed by atoms with E-state index < -0.39 is 0 Å². The molecule has 7 heteroatoms. The van der Waals surface area contributed by atoms with Gasteiger partial charge in [-0.1, -0.05) is 42.8 Å². The Morgan fingerprint density at radius 1 is 1.38 bits per heavy atom. The van der Waals surface area contributed by atoms with Gasteiger partial charge in [0.2, 0.25) is 11.1 Å². The van der Waals surface area contributed by atoms with Crippen LogP contribution in [0.1, 0.15) is 37.1 Å². The first kappa shape index (κ1) is 16.8. The Hall–Kier alpha value is -2.02. The molecule has 2 N–H and O–H groups in total. The van der Waals surface area contributed by atoms with Crippen LogP contribution in [0.5, 0.6) is 5.75 Å². The predicted octanol–water partition coefficient (Wildman–Crippen LogP) is 2.84. The Morgan fingerprint density at radius 2 is 2.17 bits per heavy atom. The number of rotatable bonds is 7. The summed E-state index contributed by atoms with van der Waals surface area (Å²) in [6.45, 7) is 2.33. The second-order valence-electron chi connectivity index (χ2n) is 5.96. The van der Waals surface area contributed by atoms with Crippen LogP contribution in [0.3, 0.4) is 0 Å². The van der Waals surface area contributed by atoms with E-state index >= 15 is 0 Å². The van der Waals surface area contributed by atoms with Crippen LogP contribution in [0.15, 0.2) is 29.4 Å². The maximum Gasteiger partial charge on any atom is 0.230 e. The van der Waals surface area contributed by atoms with Crippen LogP contribution >= 0.6 is 11.8 Å². The summed E-state index contributed by atoms with van der Waals surface area (Å²) in [5.41, 5.74) is 1.08. The maximum absolute atomic E-state index is 11.9. The van der Waals surface area contributed by atoms with E-state index in [1.807, 2.05) is 31.2 Å². The number of carbonyl (C=O) groups is 1. The molecule has 128 valence electrons. The highest BCUT2D eigenvalue weighted by atomic mass is 32.2. The third kappa shape index (κ3) is 4.74. The first-order valence-corrected chi connectivity index (χ1v) is 9.21. The van der Waals surface area contributed by atoms with Crippen molar-refractivity contribution in [3.05, 3.63) is 35.7 Å². The monoisotopic (exact) mass is 346 g/mol. The third-order valence-corrected chi connectivity index (χ3v) is 4.87. The molecule has 0 bridgehead atoms. The minimum absolute atomic E-state index is 0.0504. The summed E-state index contributed by atoms with van der Waals surface area (Å²) in [6.07, 6.45) is 4.61. The van der Waals surface area contributed by atoms with Gasteiger partial charge in [0.15, 0.2) is 5.82 Å². The number of aromatic amines is 1. The van der Waals surface area contributed by atoms with Crippen LogP contribution in [0.2, 0.25) is 0 Å². The molecule has 0 atom stereocenters. The summed E-state index contributed by atoms with van der Waals surface area (Å²) in [4.78, 5) is 16.3. The number of hydrogen-bond donors (Lipinski definition) is 2. The number of aryl methyl sites for hydroxylation is 1. The Balaban J connectivity index is 1.43. The number of nitrogens with one attached hydrogen (secondary N) is 2. The number of H-pyrrole nitrogens is 1. The molecule has 1 aromatic heterocycles.